The third-order valence-corrected chi connectivity index (χ3v) is 2.43. The number of carboxylic acid groups (broad SMARTS) is 1. The van der Waals surface area contributed by atoms with E-state index in [-0.39, 0.29) is 6.07 Å². The van der Waals surface area contributed by atoms with Crippen molar-refractivity contribution >= 4 is 16.2 Å². The molecule has 1 aromatic carbocycles. The molecule has 4 nitrogen and oxygen atoms in total. The van der Waals surface area contributed by atoms with E-state index in [1.807, 2.05) is 0 Å². The molecule has 0 aliphatic rings. The third kappa shape index (κ3) is 1.98. The van der Waals surface area contributed by atoms with Gasteiger partial charge in [-0.3, -0.25) is 0 Å². The zero-order chi connectivity index (χ0) is 12.7. The van der Waals surface area contributed by atoms with Gasteiger partial charge in [0.05, 0.1) is 5.56 Å². The molecule has 0 saturated heterocycles. The second-order valence-corrected chi connectivity index (χ2v) is 3.92. The Bertz CT molecular complexity index is 566. The molecule has 0 atom stereocenters. The second kappa shape index (κ2) is 3.74. The van der Waals surface area contributed by atoms with Gasteiger partial charge in [0.1, 0.15) is 4.90 Å². The molecule has 0 bridgehead atoms. The minimum Gasteiger partial charge on any atom is -0.478 e. The average Bonchev–Trinajstić information content (AvgIpc) is 2.11. The molecule has 0 spiro atoms. The van der Waals surface area contributed by atoms with Crippen LogP contribution in [-0.4, -0.2) is 19.5 Å². The van der Waals surface area contributed by atoms with Crippen LogP contribution < -0.4 is 0 Å². The second-order valence-electron chi connectivity index (χ2n) is 2.61. The van der Waals surface area contributed by atoms with Crippen LogP contribution in [0.2, 0.25) is 0 Å². The lowest BCUT2D eigenvalue weighted by Crippen LogP contribution is -2.09. The number of benzene rings is 1. The van der Waals surface area contributed by atoms with Gasteiger partial charge in [0.25, 0.3) is 0 Å². The summed E-state index contributed by atoms with van der Waals surface area (Å²) in [5.41, 5.74) is -1.48. The SMILES string of the molecule is O=C(O)c1cc(S(=O)(=O)F)c(F)c(F)c1F. The molecule has 0 saturated carbocycles. The topological polar surface area (TPSA) is 71.4 Å². The van der Waals surface area contributed by atoms with E-state index in [1.165, 1.54) is 0 Å². The van der Waals surface area contributed by atoms with E-state index < -0.39 is 44.1 Å². The summed E-state index contributed by atoms with van der Waals surface area (Å²) in [6.45, 7) is 0. The third-order valence-electron chi connectivity index (χ3n) is 1.61. The number of rotatable bonds is 2. The molecule has 1 N–H and O–H groups in total. The van der Waals surface area contributed by atoms with Gasteiger partial charge in [-0.15, -0.1) is 3.89 Å². The van der Waals surface area contributed by atoms with Crippen molar-refractivity contribution < 1.29 is 35.4 Å². The van der Waals surface area contributed by atoms with Gasteiger partial charge in [-0.1, -0.05) is 0 Å². The Hall–Kier alpha value is -1.64. The molecular weight excluding hydrogens is 256 g/mol. The highest BCUT2D eigenvalue weighted by molar-refractivity contribution is 7.86. The van der Waals surface area contributed by atoms with Crippen molar-refractivity contribution in [2.24, 2.45) is 0 Å². The van der Waals surface area contributed by atoms with Gasteiger partial charge in [-0.05, 0) is 6.07 Å². The lowest BCUT2D eigenvalue weighted by molar-refractivity contribution is 0.0690. The predicted octanol–water partition coefficient (Wildman–Crippen LogP) is 1.46. The number of carboxylic acids is 1. The quantitative estimate of drug-likeness (QED) is 0.495. The summed E-state index contributed by atoms with van der Waals surface area (Å²) < 4.78 is 71.2. The first-order valence-corrected chi connectivity index (χ1v) is 4.90. The molecule has 0 unspecified atom stereocenters. The zero-order valence-corrected chi connectivity index (χ0v) is 7.99. The van der Waals surface area contributed by atoms with E-state index in [4.69, 9.17) is 5.11 Å². The number of aromatic carboxylic acids is 1. The summed E-state index contributed by atoms with van der Waals surface area (Å²) in [7, 11) is -5.67. The van der Waals surface area contributed by atoms with Crippen molar-refractivity contribution in [3.8, 4) is 0 Å². The van der Waals surface area contributed by atoms with Crippen LogP contribution in [-0.2, 0) is 10.2 Å². The lowest BCUT2D eigenvalue weighted by atomic mass is 10.2. The van der Waals surface area contributed by atoms with Crippen LogP contribution in [0.1, 0.15) is 10.4 Å². The van der Waals surface area contributed by atoms with Crippen LogP contribution in [0.15, 0.2) is 11.0 Å². The molecule has 1 rings (SSSR count). The maximum absolute atomic E-state index is 12.8. The molecule has 1 aromatic rings. The molecule has 0 heterocycles. The van der Waals surface area contributed by atoms with Crippen LogP contribution in [0.4, 0.5) is 17.1 Å². The van der Waals surface area contributed by atoms with Gasteiger partial charge in [-0.25, -0.2) is 18.0 Å². The van der Waals surface area contributed by atoms with Gasteiger partial charge in [-0.2, -0.15) is 8.42 Å². The molecule has 9 heteroatoms. The molecular formula is C7H2F4O4S. The van der Waals surface area contributed by atoms with Crippen LogP contribution in [0, 0.1) is 17.5 Å². The molecule has 0 aliphatic heterocycles. The fraction of sp³-hybridized carbons (Fsp3) is 0. The summed E-state index contributed by atoms with van der Waals surface area (Å²) in [6, 6.07) is -0.134. The van der Waals surface area contributed by atoms with E-state index in [0.717, 1.165) is 0 Å². The van der Waals surface area contributed by atoms with Gasteiger partial charge >= 0.3 is 16.2 Å². The van der Waals surface area contributed by atoms with Crippen molar-refractivity contribution in [3.05, 3.63) is 29.1 Å². The largest absolute Gasteiger partial charge is 0.478 e. The van der Waals surface area contributed by atoms with E-state index in [0.29, 0.717) is 0 Å². The highest BCUT2D eigenvalue weighted by Gasteiger charge is 2.28. The van der Waals surface area contributed by atoms with Crippen LogP contribution in [0.25, 0.3) is 0 Å². The van der Waals surface area contributed by atoms with Crippen molar-refractivity contribution in [2.45, 2.75) is 4.90 Å². The monoisotopic (exact) mass is 258 g/mol. The fourth-order valence-electron chi connectivity index (χ4n) is 0.914. The maximum Gasteiger partial charge on any atom is 0.338 e. The first kappa shape index (κ1) is 12.4. The Kier molecular flexibility index (Phi) is 2.91. The average molecular weight is 258 g/mol. The summed E-state index contributed by atoms with van der Waals surface area (Å²) in [6.07, 6.45) is 0. The van der Waals surface area contributed by atoms with Crippen molar-refractivity contribution in [1.82, 2.24) is 0 Å². The van der Waals surface area contributed by atoms with Gasteiger partial charge in [0, 0.05) is 0 Å². The molecule has 0 amide bonds. The molecule has 0 radical (unpaired) electrons. The predicted molar refractivity (Wildman–Crippen MR) is 41.6 cm³/mol. The first-order chi connectivity index (χ1) is 7.16. The van der Waals surface area contributed by atoms with Crippen molar-refractivity contribution in [3.63, 3.8) is 0 Å². The molecule has 88 valence electrons. The van der Waals surface area contributed by atoms with E-state index in [1.54, 1.807) is 0 Å². The highest BCUT2D eigenvalue weighted by Crippen LogP contribution is 2.24. The summed E-state index contributed by atoms with van der Waals surface area (Å²) >= 11 is 0. The van der Waals surface area contributed by atoms with Gasteiger partial charge < -0.3 is 5.11 Å². The smallest absolute Gasteiger partial charge is 0.338 e. The minimum atomic E-state index is -5.67. The standard InChI is InChI=1S/C7H2F4O4S/c8-4-2(7(12)13)1-3(16(11,14)15)5(9)6(4)10/h1H,(H,12,13). The number of hydrogen-bond donors (Lipinski definition) is 1. The van der Waals surface area contributed by atoms with Gasteiger partial charge in [0.15, 0.2) is 17.5 Å². The van der Waals surface area contributed by atoms with Gasteiger partial charge in [0.2, 0.25) is 0 Å². The Balaban J connectivity index is 3.74. The van der Waals surface area contributed by atoms with Crippen molar-refractivity contribution in [2.75, 3.05) is 0 Å². The Morgan fingerprint density at radius 3 is 2.00 bits per heavy atom. The van der Waals surface area contributed by atoms with Crippen LogP contribution >= 0.6 is 0 Å². The van der Waals surface area contributed by atoms with E-state index in [9.17, 15) is 30.3 Å². The minimum absolute atomic E-state index is 0.134. The summed E-state index contributed by atoms with van der Waals surface area (Å²) in [5.74, 6) is -8.82. The Labute approximate surface area is 86.3 Å². The molecule has 0 aliphatic carbocycles. The van der Waals surface area contributed by atoms with E-state index >= 15 is 0 Å². The normalized spacial score (nSPS) is 11.5. The zero-order valence-electron chi connectivity index (χ0n) is 7.17. The Morgan fingerprint density at radius 2 is 1.62 bits per heavy atom. The van der Waals surface area contributed by atoms with Crippen LogP contribution in [0.3, 0.4) is 0 Å². The number of hydrogen-bond acceptors (Lipinski definition) is 3. The Morgan fingerprint density at radius 1 is 1.12 bits per heavy atom. The maximum atomic E-state index is 12.8. The highest BCUT2D eigenvalue weighted by atomic mass is 32.3. The molecule has 0 aromatic heterocycles. The fourth-order valence-corrected chi connectivity index (χ4v) is 1.48. The lowest BCUT2D eigenvalue weighted by Gasteiger charge is -2.03. The first-order valence-electron chi connectivity index (χ1n) is 3.51. The van der Waals surface area contributed by atoms with E-state index in [2.05, 4.69) is 0 Å². The number of carbonyl (C=O) groups is 1. The van der Waals surface area contributed by atoms with Crippen molar-refractivity contribution in [1.29, 1.82) is 0 Å². The molecule has 16 heavy (non-hydrogen) atoms. The molecule has 0 fully saturated rings. The summed E-state index contributed by atoms with van der Waals surface area (Å²) in [5, 5.41) is 8.32. The number of halogens is 4. The summed E-state index contributed by atoms with van der Waals surface area (Å²) in [4.78, 5) is 8.46. The van der Waals surface area contributed by atoms with Crippen LogP contribution in [0.5, 0.6) is 0 Å².